The second kappa shape index (κ2) is 9.39. The number of carboxylic acids is 1. The quantitative estimate of drug-likeness (QED) is 0.360. The van der Waals surface area contributed by atoms with Crippen molar-refractivity contribution in [1.29, 1.82) is 0 Å². The lowest BCUT2D eigenvalue weighted by molar-refractivity contribution is -0.255. The number of rotatable bonds is 6. The van der Waals surface area contributed by atoms with Gasteiger partial charge in [0.05, 0.1) is 17.4 Å². The lowest BCUT2D eigenvalue weighted by atomic mass is 9.96. The number of carbonyl (C=O) groups is 1. The largest absolute Gasteiger partial charge is 0.543 e. The molecule has 0 saturated heterocycles. The van der Waals surface area contributed by atoms with Crippen molar-refractivity contribution >= 4 is 29.2 Å². The van der Waals surface area contributed by atoms with Gasteiger partial charge in [-0.3, -0.25) is 0 Å². The molecule has 160 valence electrons. The molecule has 0 unspecified atom stereocenters. The third-order valence-electron chi connectivity index (χ3n) is 4.79. The summed E-state index contributed by atoms with van der Waals surface area (Å²) in [6, 6.07) is 21.5. The molecule has 0 spiro atoms. The summed E-state index contributed by atoms with van der Waals surface area (Å²) in [6.45, 7) is -0.0157. The van der Waals surface area contributed by atoms with Gasteiger partial charge in [-0.25, -0.2) is 9.37 Å². The summed E-state index contributed by atoms with van der Waals surface area (Å²) < 4.78 is 20.1. The second-order valence-corrected chi connectivity index (χ2v) is 7.78. The molecule has 0 aliphatic carbocycles. The molecule has 0 aliphatic rings. The maximum atomic E-state index is 14.2. The van der Waals surface area contributed by atoms with Crippen molar-refractivity contribution in [2.24, 2.45) is 0 Å². The molecule has 0 saturated carbocycles. The Morgan fingerprint density at radius 1 is 0.875 bits per heavy atom. The molecule has 4 rings (SSSR count). The highest BCUT2D eigenvalue weighted by molar-refractivity contribution is 6.31. The van der Waals surface area contributed by atoms with Gasteiger partial charge in [0, 0.05) is 26.7 Å². The molecule has 4 nitrogen and oxygen atoms in total. The van der Waals surface area contributed by atoms with E-state index in [1.807, 2.05) is 24.3 Å². The number of aromatic nitrogens is 1. The molecule has 0 atom stereocenters. The Bertz CT molecular complexity index is 1310. The van der Waals surface area contributed by atoms with Gasteiger partial charge in [0.1, 0.15) is 18.2 Å². The average Bonchev–Trinajstić information content (AvgIpc) is 2.79. The van der Waals surface area contributed by atoms with Crippen LogP contribution in [-0.2, 0) is 6.61 Å². The highest BCUT2D eigenvalue weighted by Gasteiger charge is 2.15. The summed E-state index contributed by atoms with van der Waals surface area (Å²) in [6.07, 6.45) is 0. The normalized spacial score (nSPS) is 10.7. The van der Waals surface area contributed by atoms with Gasteiger partial charge in [0.25, 0.3) is 0 Å². The van der Waals surface area contributed by atoms with Crippen LogP contribution >= 0.6 is 23.2 Å². The summed E-state index contributed by atoms with van der Waals surface area (Å²) in [7, 11) is 0. The first-order valence-corrected chi connectivity index (χ1v) is 10.3. The summed E-state index contributed by atoms with van der Waals surface area (Å²) >= 11 is 12.1. The van der Waals surface area contributed by atoms with Crippen LogP contribution in [0.4, 0.5) is 4.39 Å². The van der Waals surface area contributed by atoms with Crippen molar-refractivity contribution in [3.8, 4) is 28.1 Å². The average molecular weight is 467 g/mol. The third kappa shape index (κ3) is 4.74. The topological polar surface area (TPSA) is 62.2 Å². The number of carboxylic acid groups (broad SMARTS) is 1. The zero-order valence-electron chi connectivity index (χ0n) is 16.5. The molecule has 0 bridgehead atoms. The van der Waals surface area contributed by atoms with E-state index in [2.05, 4.69) is 4.98 Å². The molecular weight excluding hydrogens is 452 g/mol. The molecule has 1 aromatic heterocycles. The standard InChI is InChI=1S/C25H16Cl2FNO3/c26-16-10-11-24(32-14-15-8-9-17(27)13-21(15)28)20(12-16)18-4-1-2-5-19(18)22-6-3-7-23(29-22)25(30)31/h1-13H,14H2,(H,30,31)/p-1. The minimum atomic E-state index is -1.36. The van der Waals surface area contributed by atoms with Gasteiger partial charge in [-0.1, -0.05) is 59.6 Å². The number of aromatic carboxylic acids is 1. The van der Waals surface area contributed by atoms with E-state index in [4.69, 9.17) is 27.9 Å². The molecule has 4 aromatic rings. The fraction of sp³-hybridized carbons (Fsp3) is 0.0400. The fourth-order valence-corrected chi connectivity index (χ4v) is 3.60. The SMILES string of the molecule is O=C([O-])c1cccc(-c2ccccc2-c2cc(Cl)ccc2OCc2ccc(Cl)cc2F)n1. The predicted molar refractivity (Wildman–Crippen MR) is 120 cm³/mol. The molecule has 7 heteroatoms. The van der Waals surface area contributed by atoms with Gasteiger partial charge in [0.2, 0.25) is 0 Å². The molecule has 0 aliphatic heterocycles. The number of benzene rings is 3. The second-order valence-electron chi connectivity index (χ2n) is 6.91. The van der Waals surface area contributed by atoms with Crippen LogP contribution in [0.25, 0.3) is 22.4 Å². The zero-order valence-corrected chi connectivity index (χ0v) is 18.0. The Morgan fingerprint density at radius 3 is 2.34 bits per heavy atom. The minimum Gasteiger partial charge on any atom is -0.543 e. The van der Waals surface area contributed by atoms with Crippen molar-refractivity contribution in [2.45, 2.75) is 6.61 Å². The first-order valence-electron chi connectivity index (χ1n) is 9.57. The number of carbonyl (C=O) groups excluding carboxylic acids is 1. The predicted octanol–water partition coefficient (Wildman–Crippen LogP) is 5.80. The lowest BCUT2D eigenvalue weighted by Crippen LogP contribution is -2.23. The molecular formula is C25H15Cl2FNO3-. The van der Waals surface area contributed by atoms with Gasteiger partial charge >= 0.3 is 0 Å². The van der Waals surface area contributed by atoms with Crippen molar-refractivity contribution in [3.05, 3.63) is 106 Å². The van der Waals surface area contributed by atoms with E-state index in [-0.39, 0.29) is 12.3 Å². The van der Waals surface area contributed by atoms with Crippen LogP contribution in [0.1, 0.15) is 16.1 Å². The molecule has 0 amide bonds. The highest BCUT2D eigenvalue weighted by Crippen LogP contribution is 2.38. The first kappa shape index (κ1) is 21.8. The van der Waals surface area contributed by atoms with Crippen LogP contribution in [0.15, 0.2) is 78.9 Å². The van der Waals surface area contributed by atoms with E-state index in [1.165, 1.54) is 12.1 Å². The van der Waals surface area contributed by atoms with Crippen LogP contribution < -0.4 is 9.84 Å². The smallest absolute Gasteiger partial charge is 0.131 e. The number of hydrogen-bond acceptors (Lipinski definition) is 4. The van der Waals surface area contributed by atoms with Crippen molar-refractivity contribution < 1.29 is 19.0 Å². The van der Waals surface area contributed by atoms with Gasteiger partial charge in [-0.15, -0.1) is 0 Å². The highest BCUT2D eigenvalue weighted by atomic mass is 35.5. The maximum Gasteiger partial charge on any atom is 0.131 e. The number of nitrogens with zero attached hydrogens (tertiary/aromatic N) is 1. The van der Waals surface area contributed by atoms with Crippen molar-refractivity contribution in [2.75, 3.05) is 0 Å². The fourth-order valence-electron chi connectivity index (χ4n) is 3.27. The molecule has 1 heterocycles. The van der Waals surface area contributed by atoms with Crippen LogP contribution in [0.5, 0.6) is 5.75 Å². The van der Waals surface area contributed by atoms with E-state index in [0.717, 1.165) is 5.56 Å². The van der Waals surface area contributed by atoms with Crippen LogP contribution in [0.2, 0.25) is 10.0 Å². The number of halogens is 3. The Morgan fingerprint density at radius 2 is 1.59 bits per heavy atom. The third-order valence-corrected chi connectivity index (χ3v) is 5.26. The number of ether oxygens (including phenoxy) is 1. The van der Waals surface area contributed by atoms with Crippen LogP contribution in [-0.4, -0.2) is 11.0 Å². The molecule has 0 fully saturated rings. The Kier molecular flexibility index (Phi) is 6.40. The van der Waals surface area contributed by atoms with Gasteiger partial charge in [0.15, 0.2) is 0 Å². The Hall–Kier alpha value is -3.41. The summed E-state index contributed by atoms with van der Waals surface area (Å²) in [5.74, 6) is -1.34. The Labute approximate surface area is 193 Å². The summed E-state index contributed by atoms with van der Waals surface area (Å²) in [5, 5.41) is 12.0. The lowest BCUT2D eigenvalue weighted by Gasteiger charge is -2.16. The van der Waals surface area contributed by atoms with E-state index in [9.17, 15) is 14.3 Å². The van der Waals surface area contributed by atoms with E-state index in [1.54, 1.807) is 42.5 Å². The molecule has 3 aromatic carbocycles. The molecule has 0 radical (unpaired) electrons. The van der Waals surface area contributed by atoms with Crippen LogP contribution in [0.3, 0.4) is 0 Å². The van der Waals surface area contributed by atoms with E-state index < -0.39 is 11.8 Å². The first-order chi connectivity index (χ1) is 15.4. The van der Waals surface area contributed by atoms with E-state index in [0.29, 0.717) is 38.2 Å². The molecule has 0 N–H and O–H groups in total. The number of hydrogen-bond donors (Lipinski definition) is 0. The van der Waals surface area contributed by atoms with E-state index >= 15 is 0 Å². The minimum absolute atomic E-state index is 0.0157. The monoisotopic (exact) mass is 466 g/mol. The van der Waals surface area contributed by atoms with Gasteiger partial charge < -0.3 is 14.6 Å². The van der Waals surface area contributed by atoms with Crippen LogP contribution in [0, 0.1) is 5.82 Å². The van der Waals surface area contributed by atoms with Crippen molar-refractivity contribution in [1.82, 2.24) is 4.98 Å². The van der Waals surface area contributed by atoms with Gasteiger partial charge in [-0.05, 0) is 48.0 Å². The summed E-state index contributed by atoms with van der Waals surface area (Å²) in [5.41, 5.74) is 2.70. The van der Waals surface area contributed by atoms with Crippen molar-refractivity contribution in [3.63, 3.8) is 0 Å². The Balaban J connectivity index is 1.75. The zero-order chi connectivity index (χ0) is 22.7. The maximum absolute atomic E-state index is 14.2. The van der Waals surface area contributed by atoms with Gasteiger partial charge in [-0.2, -0.15) is 0 Å². The number of pyridine rings is 1. The summed E-state index contributed by atoms with van der Waals surface area (Å²) in [4.78, 5) is 15.5. The molecule has 32 heavy (non-hydrogen) atoms.